The summed E-state index contributed by atoms with van der Waals surface area (Å²) in [5, 5.41) is 16.0. The van der Waals surface area contributed by atoms with Crippen LogP contribution in [-0.4, -0.2) is 58.1 Å². The lowest BCUT2D eigenvalue weighted by Crippen LogP contribution is -2.54. The van der Waals surface area contributed by atoms with E-state index in [1.165, 1.54) is 11.0 Å². The molecule has 0 aliphatic heterocycles. The molecule has 0 bridgehead atoms. The predicted molar refractivity (Wildman–Crippen MR) is 135 cm³/mol. The summed E-state index contributed by atoms with van der Waals surface area (Å²) < 4.78 is 5.31. The molecular weight excluding hydrogens is 464 g/mol. The maximum atomic E-state index is 13.9. The molecule has 0 spiro atoms. The number of primary amides is 1. The smallest absolute Gasteiger partial charge is 0.408 e. The van der Waals surface area contributed by atoms with Gasteiger partial charge in [-0.25, -0.2) is 4.79 Å². The molecule has 10 nitrogen and oxygen atoms in total. The quantitative estimate of drug-likeness (QED) is 0.303. The van der Waals surface area contributed by atoms with Crippen LogP contribution in [0.15, 0.2) is 24.3 Å². The fraction of sp³-hybridized carbons (Fsp3) is 0.615. The molecule has 0 heterocycles. The van der Waals surface area contributed by atoms with Crippen molar-refractivity contribution in [2.24, 2.45) is 5.73 Å². The van der Waals surface area contributed by atoms with Gasteiger partial charge in [0, 0.05) is 24.6 Å². The largest absolute Gasteiger partial charge is 0.508 e. The average molecular weight is 505 g/mol. The molecule has 36 heavy (non-hydrogen) atoms. The molecule has 2 atom stereocenters. The lowest BCUT2D eigenvalue weighted by molar-refractivity contribution is -0.143. The zero-order valence-corrected chi connectivity index (χ0v) is 21.7. The zero-order chi connectivity index (χ0) is 26.9. The fourth-order valence-corrected chi connectivity index (χ4v) is 3.86. The van der Waals surface area contributed by atoms with Gasteiger partial charge >= 0.3 is 6.09 Å². The van der Waals surface area contributed by atoms with Gasteiger partial charge in [-0.1, -0.05) is 38.0 Å². The summed E-state index contributed by atoms with van der Waals surface area (Å²) in [6.07, 6.45) is 3.06. The second-order valence-electron chi connectivity index (χ2n) is 10.1. The molecule has 10 heteroatoms. The van der Waals surface area contributed by atoms with Crippen molar-refractivity contribution in [1.82, 2.24) is 15.5 Å². The number of ether oxygens (including phenoxy) is 1. The molecule has 0 aromatic heterocycles. The molecule has 1 aromatic rings. The molecule has 2 rings (SSSR count). The average Bonchev–Trinajstić information content (AvgIpc) is 3.61. The molecule has 2 unspecified atom stereocenters. The van der Waals surface area contributed by atoms with Crippen LogP contribution in [0, 0.1) is 0 Å². The number of benzene rings is 1. The van der Waals surface area contributed by atoms with Crippen LogP contribution in [0.1, 0.15) is 84.2 Å². The van der Waals surface area contributed by atoms with Crippen LogP contribution in [0.3, 0.4) is 0 Å². The zero-order valence-electron chi connectivity index (χ0n) is 21.7. The second-order valence-corrected chi connectivity index (χ2v) is 10.1. The summed E-state index contributed by atoms with van der Waals surface area (Å²) >= 11 is 0. The van der Waals surface area contributed by atoms with Gasteiger partial charge in [-0.05, 0) is 52.5 Å². The molecule has 1 aromatic carbocycles. The van der Waals surface area contributed by atoms with E-state index in [-0.39, 0.29) is 30.2 Å². The number of amides is 4. The summed E-state index contributed by atoms with van der Waals surface area (Å²) in [6.45, 7) is 7.58. The minimum Gasteiger partial charge on any atom is -0.508 e. The Morgan fingerprint density at radius 1 is 1.17 bits per heavy atom. The van der Waals surface area contributed by atoms with E-state index >= 15 is 0 Å². The Morgan fingerprint density at radius 2 is 1.83 bits per heavy atom. The third-order valence-electron chi connectivity index (χ3n) is 5.70. The second kappa shape index (κ2) is 13.1. The number of phenols is 1. The monoisotopic (exact) mass is 504 g/mol. The Morgan fingerprint density at radius 3 is 2.39 bits per heavy atom. The molecule has 1 aliphatic carbocycles. The molecule has 200 valence electrons. The van der Waals surface area contributed by atoms with Gasteiger partial charge < -0.3 is 31.1 Å². The molecular formula is C26H40N4O6. The molecule has 4 amide bonds. The number of nitrogens with two attached hydrogens (primary N) is 1. The van der Waals surface area contributed by atoms with Gasteiger partial charge in [0.05, 0.1) is 0 Å². The number of hydrogen-bond acceptors (Lipinski definition) is 6. The predicted octanol–water partition coefficient (Wildman–Crippen LogP) is 2.89. The Labute approximate surface area is 212 Å². The van der Waals surface area contributed by atoms with Crippen molar-refractivity contribution in [3.8, 4) is 5.75 Å². The van der Waals surface area contributed by atoms with Crippen molar-refractivity contribution in [3.05, 3.63) is 29.8 Å². The molecule has 5 N–H and O–H groups in total. The number of nitrogens with one attached hydrogen (secondary N) is 2. The SMILES string of the molecule is CCCCCNC(=O)C(c1ccccc1O)N(C(=O)C(CCC(N)=O)NC(=O)OC(C)(C)C)C1CC1. The Bertz CT molecular complexity index is 925. The van der Waals surface area contributed by atoms with Crippen LogP contribution < -0.4 is 16.4 Å². The molecule has 0 radical (unpaired) electrons. The highest BCUT2D eigenvalue weighted by Gasteiger charge is 2.44. The van der Waals surface area contributed by atoms with Crippen LogP contribution in [0.2, 0.25) is 0 Å². The number of rotatable bonds is 13. The number of phenolic OH excluding ortho intramolecular Hbond substituents is 1. The molecule has 1 saturated carbocycles. The van der Waals surface area contributed by atoms with E-state index in [4.69, 9.17) is 10.5 Å². The summed E-state index contributed by atoms with van der Waals surface area (Å²) in [7, 11) is 0. The van der Waals surface area contributed by atoms with Gasteiger partial charge in [0.25, 0.3) is 0 Å². The van der Waals surface area contributed by atoms with Crippen molar-refractivity contribution in [3.63, 3.8) is 0 Å². The number of carbonyl (C=O) groups excluding carboxylic acids is 4. The van der Waals surface area contributed by atoms with Crippen molar-refractivity contribution >= 4 is 23.8 Å². The van der Waals surface area contributed by atoms with E-state index in [1.54, 1.807) is 39.0 Å². The number of nitrogens with zero attached hydrogens (tertiary/aromatic N) is 1. The highest BCUT2D eigenvalue weighted by Crippen LogP contribution is 2.38. The number of carbonyl (C=O) groups is 4. The normalized spacial score (nSPS) is 14.9. The van der Waals surface area contributed by atoms with E-state index in [9.17, 15) is 24.3 Å². The van der Waals surface area contributed by atoms with Crippen molar-refractivity contribution in [2.45, 2.75) is 96.4 Å². The van der Waals surface area contributed by atoms with E-state index in [1.807, 2.05) is 0 Å². The minimum absolute atomic E-state index is 0.0533. The van der Waals surface area contributed by atoms with Crippen molar-refractivity contribution in [2.75, 3.05) is 6.54 Å². The van der Waals surface area contributed by atoms with Gasteiger partial charge in [-0.15, -0.1) is 0 Å². The standard InChI is InChI=1S/C26H40N4O6/c1-5-6-9-16-28-23(33)22(18-10-7-8-11-20(18)31)30(17-12-13-17)24(34)19(14-15-21(27)32)29-25(35)36-26(2,3)4/h7-8,10-11,17,19,22,31H,5-6,9,12-16H2,1-4H3,(H2,27,32)(H,28,33)(H,29,35). The van der Waals surface area contributed by atoms with E-state index < -0.39 is 41.5 Å². The highest BCUT2D eigenvalue weighted by molar-refractivity contribution is 5.93. The summed E-state index contributed by atoms with van der Waals surface area (Å²) in [6, 6.07) is 3.89. The molecule has 0 saturated heterocycles. The van der Waals surface area contributed by atoms with Crippen LogP contribution in [-0.2, 0) is 19.1 Å². The van der Waals surface area contributed by atoms with Gasteiger partial charge in [-0.3, -0.25) is 14.4 Å². The third kappa shape index (κ3) is 9.05. The number of hydrogen-bond donors (Lipinski definition) is 4. The lowest BCUT2D eigenvalue weighted by Gasteiger charge is -2.35. The summed E-state index contributed by atoms with van der Waals surface area (Å²) in [5.74, 6) is -1.69. The third-order valence-corrected chi connectivity index (χ3v) is 5.70. The maximum absolute atomic E-state index is 13.9. The Hall–Kier alpha value is -3.30. The van der Waals surface area contributed by atoms with Gasteiger partial charge in [0.2, 0.25) is 17.7 Å². The highest BCUT2D eigenvalue weighted by atomic mass is 16.6. The first kappa shape index (κ1) is 28.9. The van der Waals surface area contributed by atoms with Gasteiger partial charge in [0.15, 0.2) is 0 Å². The number of para-hydroxylation sites is 1. The minimum atomic E-state index is -1.14. The van der Waals surface area contributed by atoms with Crippen LogP contribution >= 0.6 is 0 Å². The van der Waals surface area contributed by atoms with Crippen LogP contribution in [0.4, 0.5) is 4.79 Å². The Kier molecular flexibility index (Phi) is 10.6. The van der Waals surface area contributed by atoms with Crippen molar-refractivity contribution in [1.29, 1.82) is 0 Å². The van der Waals surface area contributed by atoms with Crippen LogP contribution in [0.25, 0.3) is 0 Å². The summed E-state index contributed by atoms with van der Waals surface area (Å²) in [5.41, 5.74) is 4.81. The molecule has 1 aliphatic rings. The first-order valence-corrected chi connectivity index (χ1v) is 12.6. The van der Waals surface area contributed by atoms with Gasteiger partial charge in [-0.2, -0.15) is 0 Å². The van der Waals surface area contributed by atoms with E-state index in [0.717, 1.165) is 19.3 Å². The van der Waals surface area contributed by atoms with Crippen molar-refractivity contribution < 1.29 is 29.0 Å². The van der Waals surface area contributed by atoms with E-state index in [2.05, 4.69) is 17.6 Å². The lowest BCUT2D eigenvalue weighted by atomic mass is 10.00. The fourth-order valence-electron chi connectivity index (χ4n) is 3.86. The number of aromatic hydroxyl groups is 1. The number of alkyl carbamates (subject to hydrolysis) is 1. The first-order chi connectivity index (χ1) is 16.9. The van der Waals surface area contributed by atoms with Gasteiger partial charge in [0.1, 0.15) is 23.4 Å². The first-order valence-electron chi connectivity index (χ1n) is 12.6. The Balaban J connectivity index is 2.40. The molecule has 1 fully saturated rings. The number of unbranched alkanes of at least 4 members (excludes halogenated alkanes) is 2. The van der Waals surface area contributed by atoms with Crippen LogP contribution in [0.5, 0.6) is 5.75 Å². The maximum Gasteiger partial charge on any atom is 0.408 e. The van der Waals surface area contributed by atoms with E-state index in [0.29, 0.717) is 19.4 Å². The summed E-state index contributed by atoms with van der Waals surface area (Å²) in [4.78, 5) is 52.8. The topological polar surface area (TPSA) is 151 Å².